The second kappa shape index (κ2) is 31.2. The molecule has 0 saturated heterocycles. The Labute approximate surface area is 514 Å². The molecule has 4 rings (SSSR count). The third-order valence-corrected chi connectivity index (χ3v) is 12.5. The summed E-state index contributed by atoms with van der Waals surface area (Å²) in [7, 11) is 0. The molecule has 6 N–H and O–H groups in total. The Bertz CT molecular complexity index is 3190. The fraction of sp³-hybridized carbons (Fsp3) is 0.500. The van der Waals surface area contributed by atoms with Gasteiger partial charge >= 0.3 is 36.1 Å². The van der Waals surface area contributed by atoms with E-state index in [2.05, 4.69) is 37.3 Å². The minimum absolute atomic E-state index is 0.0480. The maximum atomic E-state index is 13.9. The van der Waals surface area contributed by atoms with Crippen LogP contribution in [0, 0.1) is 22.7 Å². The van der Waals surface area contributed by atoms with E-state index in [4.69, 9.17) is 54.9 Å². The average Bonchev–Trinajstić information content (AvgIpc) is 1.11. The summed E-state index contributed by atoms with van der Waals surface area (Å²) in [6.07, 6.45) is -3.05. The molecule has 4 amide bonds. The molecule has 0 aliphatic rings. The standard InChI is InChI=1S/C60H76ClN9O16S/c1-33(65-49(73)43(68-55(77)85-59(9,10)11)23-25-45(71)83-57(3,4)5)53(75)81-31-40(82-54(76)34(2)66-50(74)44(69-56(78)86-60(12,13)14)24-26-46(72)84-58(6,7)8)30-79-39-21-17-35(18-22-39)47-41(27-62)48(64)70-52(42(47)28-63)87-32-38-29-80-51(67-38)36-15-19-37(61)20-16-36/h15-22,29,33-34,40,43-44H,23-26,30-32H2,1-14H3,(H2,64,70)(H,65,73)(H,66,74)(H,68,77)(H,69,78)/t33-,34-,40-,43-,44-/m0/s1. The molecule has 87 heavy (non-hydrogen) atoms. The highest BCUT2D eigenvalue weighted by Gasteiger charge is 2.33. The van der Waals surface area contributed by atoms with Crippen LogP contribution < -0.4 is 31.7 Å². The second-order valence-electron chi connectivity index (χ2n) is 23.7. The summed E-state index contributed by atoms with van der Waals surface area (Å²) in [4.78, 5) is 115. The SMILES string of the molecule is C[C@H](NC(=O)[C@H](CCC(=O)OC(C)(C)C)NC(=O)OC(C)(C)C)C(=O)OC[C@H](COc1ccc(-c2c(C#N)c(N)nc(SCc3coc(-c4ccc(Cl)cc4)n3)c2C#N)cc1)OC(=O)[C@H](C)NC(=O)[C@H](CCC(=O)OC(C)(C)C)NC(=O)OC(C)(C)C. The molecule has 25 nitrogen and oxygen atoms in total. The third-order valence-electron chi connectivity index (χ3n) is 11.2. The summed E-state index contributed by atoms with van der Waals surface area (Å²) in [6.45, 7) is 21.0. The lowest BCUT2D eigenvalue weighted by Gasteiger charge is -2.26. The molecule has 0 bridgehead atoms. The lowest BCUT2D eigenvalue weighted by atomic mass is 9.97. The number of pyridine rings is 1. The van der Waals surface area contributed by atoms with Gasteiger partial charge in [0.1, 0.15) is 100 Å². The summed E-state index contributed by atoms with van der Waals surface area (Å²) >= 11 is 7.18. The Morgan fingerprint density at radius 1 is 0.632 bits per heavy atom. The zero-order valence-corrected chi connectivity index (χ0v) is 52.8. The number of nitrogen functional groups attached to an aromatic ring is 1. The highest BCUT2D eigenvalue weighted by Crippen LogP contribution is 2.37. The van der Waals surface area contributed by atoms with Crippen LogP contribution in [0.25, 0.3) is 22.6 Å². The van der Waals surface area contributed by atoms with Gasteiger partial charge in [0, 0.05) is 34.7 Å². The van der Waals surface area contributed by atoms with Crippen molar-refractivity contribution in [3.05, 3.63) is 76.6 Å². The number of carbonyl (C=O) groups is 8. The van der Waals surface area contributed by atoms with Crippen LogP contribution in [0.4, 0.5) is 15.4 Å². The average molecular weight is 1250 g/mol. The number of carbonyl (C=O) groups excluding carboxylic acids is 8. The topological polar surface area (TPSA) is 362 Å². The van der Waals surface area contributed by atoms with Crippen molar-refractivity contribution in [3.63, 3.8) is 0 Å². The van der Waals surface area contributed by atoms with E-state index in [0.29, 0.717) is 27.7 Å². The molecular weight excluding hydrogens is 1170 g/mol. The van der Waals surface area contributed by atoms with Gasteiger partial charge in [-0.1, -0.05) is 35.5 Å². The van der Waals surface area contributed by atoms with E-state index in [1.165, 1.54) is 32.2 Å². The normalized spacial score (nSPS) is 13.3. The summed E-state index contributed by atoms with van der Waals surface area (Å²) in [5, 5.41) is 31.3. The van der Waals surface area contributed by atoms with Crippen molar-refractivity contribution in [1.82, 2.24) is 31.2 Å². The Kier molecular flexibility index (Phi) is 25.4. The van der Waals surface area contributed by atoms with Crippen molar-refractivity contribution in [1.29, 1.82) is 10.5 Å². The van der Waals surface area contributed by atoms with Gasteiger partial charge in [0.15, 0.2) is 6.10 Å². The molecule has 0 radical (unpaired) electrons. The number of thioether (sulfide) groups is 1. The highest BCUT2D eigenvalue weighted by molar-refractivity contribution is 7.98. The number of aromatic nitrogens is 2. The summed E-state index contributed by atoms with van der Waals surface area (Å²) in [5.41, 5.74) is 4.46. The maximum Gasteiger partial charge on any atom is 0.408 e. The Morgan fingerprint density at radius 2 is 1.10 bits per heavy atom. The number of rotatable bonds is 25. The fourth-order valence-corrected chi connectivity index (χ4v) is 8.51. The van der Waals surface area contributed by atoms with E-state index < -0.39 is 114 Å². The van der Waals surface area contributed by atoms with Gasteiger partial charge in [-0.05, 0) is 152 Å². The number of nitriles is 2. The first-order valence-electron chi connectivity index (χ1n) is 27.5. The van der Waals surface area contributed by atoms with Gasteiger partial charge in [0.2, 0.25) is 17.7 Å². The van der Waals surface area contributed by atoms with Crippen molar-refractivity contribution < 1.29 is 75.9 Å². The largest absolute Gasteiger partial charge is 0.490 e. The van der Waals surface area contributed by atoms with Crippen LogP contribution in [0.1, 0.15) is 139 Å². The monoisotopic (exact) mass is 1250 g/mol. The fourth-order valence-electron chi connectivity index (χ4n) is 7.51. The predicted molar refractivity (Wildman–Crippen MR) is 318 cm³/mol. The molecule has 0 spiro atoms. The smallest absolute Gasteiger partial charge is 0.408 e. The number of nitrogens with one attached hydrogen (secondary N) is 4. The molecule has 2 heterocycles. The molecule has 2 aromatic heterocycles. The van der Waals surface area contributed by atoms with Gasteiger partial charge in [-0.25, -0.2) is 29.1 Å². The quantitative estimate of drug-likeness (QED) is 0.0235. The lowest BCUT2D eigenvalue weighted by Crippen LogP contribution is -2.52. The van der Waals surface area contributed by atoms with Crippen molar-refractivity contribution in [3.8, 4) is 40.5 Å². The second-order valence-corrected chi connectivity index (χ2v) is 25.1. The highest BCUT2D eigenvalue weighted by atomic mass is 35.5. The molecule has 0 unspecified atom stereocenters. The van der Waals surface area contributed by atoms with Crippen LogP contribution in [0.3, 0.4) is 0 Å². The van der Waals surface area contributed by atoms with Crippen molar-refractivity contribution in [2.24, 2.45) is 0 Å². The summed E-state index contributed by atoms with van der Waals surface area (Å²) in [5.74, 6) is -4.64. The van der Waals surface area contributed by atoms with Crippen LogP contribution in [0.5, 0.6) is 5.75 Å². The lowest BCUT2D eigenvalue weighted by molar-refractivity contribution is -0.163. The van der Waals surface area contributed by atoms with Crippen LogP contribution in [-0.2, 0) is 62.9 Å². The predicted octanol–water partition coefficient (Wildman–Crippen LogP) is 8.55. The minimum Gasteiger partial charge on any atom is -0.490 e. The maximum absolute atomic E-state index is 13.9. The number of oxazole rings is 1. The molecule has 2 aromatic carbocycles. The van der Waals surface area contributed by atoms with Crippen LogP contribution in [0.2, 0.25) is 5.02 Å². The number of nitrogens with zero attached hydrogens (tertiary/aromatic N) is 4. The van der Waals surface area contributed by atoms with Gasteiger partial charge < -0.3 is 64.6 Å². The number of nitrogens with two attached hydrogens (primary N) is 1. The zero-order chi connectivity index (χ0) is 65.2. The van der Waals surface area contributed by atoms with E-state index in [9.17, 15) is 48.9 Å². The molecule has 0 fully saturated rings. The molecular formula is C60H76ClN9O16S. The number of ether oxygens (including phenoxy) is 7. The molecule has 470 valence electrons. The van der Waals surface area contributed by atoms with Crippen molar-refractivity contribution >= 4 is 77.1 Å². The van der Waals surface area contributed by atoms with Gasteiger partial charge in [0.05, 0.1) is 11.3 Å². The molecule has 0 aliphatic heterocycles. The van der Waals surface area contributed by atoms with E-state index >= 15 is 0 Å². The Hall–Kier alpha value is -8.62. The number of halogens is 1. The van der Waals surface area contributed by atoms with E-state index in [0.717, 1.165) is 11.8 Å². The first-order chi connectivity index (χ1) is 40.4. The minimum atomic E-state index is -1.45. The number of esters is 4. The number of hydrogen-bond donors (Lipinski definition) is 5. The van der Waals surface area contributed by atoms with Gasteiger partial charge in [-0.15, -0.1) is 0 Å². The third kappa shape index (κ3) is 24.7. The van der Waals surface area contributed by atoms with Gasteiger partial charge in [-0.2, -0.15) is 10.5 Å². The van der Waals surface area contributed by atoms with Gasteiger partial charge in [-0.3, -0.25) is 19.2 Å². The van der Waals surface area contributed by atoms with Crippen LogP contribution in [0.15, 0.2) is 64.2 Å². The van der Waals surface area contributed by atoms with E-state index in [1.54, 1.807) is 119 Å². The molecule has 0 saturated carbocycles. The van der Waals surface area contributed by atoms with Gasteiger partial charge in [0.25, 0.3) is 0 Å². The Balaban J connectivity index is 1.59. The zero-order valence-electron chi connectivity index (χ0n) is 51.2. The molecule has 0 aliphatic carbocycles. The van der Waals surface area contributed by atoms with Crippen LogP contribution >= 0.6 is 23.4 Å². The van der Waals surface area contributed by atoms with E-state index in [-0.39, 0.29) is 64.7 Å². The molecule has 5 atom stereocenters. The van der Waals surface area contributed by atoms with E-state index in [1.807, 2.05) is 6.07 Å². The Morgan fingerprint density at radius 3 is 1.57 bits per heavy atom. The number of benzene rings is 2. The number of hydrogen-bond acceptors (Lipinski definition) is 22. The number of amides is 4. The summed E-state index contributed by atoms with van der Waals surface area (Å²) in [6, 6.07) is 11.5. The molecule has 4 aromatic rings. The number of anilines is 1. The molecule has 27 heteroatoms. The first-order valence-corrected chi connectivity index (χ1v) is 28.9. The van der Waals surface area contributed by atoms with Crippen molar-refractivity contribution in [2.45, 2.75) is 186 Å². The van der Waals surface area contributed by atoms with Crippen molar-refractivity contribution in [2.75, 3.05) is 18.9 Å². The number of alkyl carbamates (subject to hydrolysis) is 2. The van der Waals surface area contributed by atoms with Crippen LogP contribution in [-0.4, -0.2) is 124 Å². The first kappa shape index (κ1) is 70.9. The summed E-state index contributed by atoms with van der Waals surface area (Å²) < 4.78 is 44.4.